The maximum Gasteiger partial charge on any atom is 0.225 e. The number of pyridine rings is 2. The number of aromatic nitrogens is 2. The summed E-state index contributed by atoms with van der Waals surface area (Å²) in [5.74, 6) is 2.80. The van der Waals surface area contributed by atoms with E-state index < -0.39 is 0 Å². The van der Waals surface area contributed by atoms with E-state index in [0.717, 1.165) is 54.3 Å². The fourth-order valence-corrected chi connectivity index (χ4v) is 3.98. The van der Waals surface area contributed by atoms with Crippen LogP contribution in [0.3, 0.4) is 0 Å². The number of ether oxygens (including phenoxy) is 1. The number of rotatable bonds is 6. The van der Waals surface area contributed by atoms with Gasteiger partial charge in [-0.3, -0.25) is 4.79 Å². The van der Waals surface area contributed by atoms with Crippen LogP contribution in [0, 0.1) is 12.8 Å². The Morgan fingerprint density at radius 1 is 1.06 bits per heavy atom. The lowest BCUT2D eigenvalue weighted by atomic mass is 9.89. The fraction of sp³-hybridized carbons (Fsp3) is 0.346. The fourth-order valence-electron chi connectivity index (χ4n) is 3.98. The van der Waals surface area contributed by atoms with Gasteiger partial charge in [0.05, 0.1) is 0 Å². The minimum absolute atomic E-state index is 0.0445. The molecule has 3 aromatic rings. The van der Waals surface area contributed by atoms with Crippen LogP contribution in [-0.2, 0) is 4.79 Å². The Balaban J connectivity index is 1.41. The Bertz CT molecular complexity index is 1040. The first-order valence-electron chi connectivity index (χ1n) is 11.2. The second-order valence-corrected chi connectivity index (χ2v) is 8.62. The summed E-state index contributed by atoms with van der Waals surface area (Å²) < 4.78 is 6.16. The number of likely N-dealkylation sites (tertiary alicyclic amines) is 1. The van der Waals surface area contributed by atoms with E-state index in [1.165, 1.54) is 0 Å². The van der Waals surface area contributed by atoms with Crippen LogP contribution >= 0.6 is 0 Å². The van der Waals surface area contributed by atoms with Gasteiger partial charge in [-0.2, -0.15) is 0 Å². The van der Waals surface area contributed by atoms with Gasteiger partial charge in [0.1, 0.15) is 11.6 Å². The quantitative estimate of drug-likeness (QED) is 0.545. The first-order valence-corrected chi connectivity index (χ1v) is 11.2. The SMILES string of the molecule is Cc1ccc(Nc2ccc(Oc3ncccc3C3CCN(C(=O)C(C)C)CC3)cc2)nc1. The normalized spacial score (nSPS) is 14.4. The number of anilines is 2. The molecule has 3 heterocycles. The first kappa shape index (κ1) is 21.8. The van der Waals surface area contributed by atoms with Crippen molar-refractivity contribution in [3.05, 3.63) is 72.1 Å². The molecule has 4 rings (SSSR count). The highest BCUT2D eigenvalue weighted by atomic mass is 16.5. The minimum Gasteiger partial charge on any atom is -0.439 e. The molecule has 0 radical (unpaired) electrons. The molecule has 2 aromatic heterocycles. The molecule has 1 aliphatic rings. The van der Waals surface area contributed by atoms with Gasteiger partial charge in [-0.05, 0) is 67.6 Å². The van der Waals surface area contributed by atoms with Gasteiger partial charge >= 0.3 is 0 Å². The number of amides is 1. The lowest BCUT2D eigenvalue weighted by molar-refractivity contribution is -0.135. The molecule has 0 bridgehead atoms. The second kappa shape index (κ2) is 9.81. The maximum absolute atomic E-state index is 12.3. The van der Waals surface area contributed by atoms with Gasteiger partial charge < -0.3 is 15.0 Å². The van der Waals surface area contributed by atoms with Gasteiger partial charge in [0, 0.05) is 42.7 Å². The Hall–Kier alpha value is -3.41. The van der Waals surface area contributed by atoms with E-state index in [-0.39, 0.29) is 11.8 Å². The summed E-state index contributed by atoms with van der Waals surface area (Å²) in [6, 6.07) is 15.8. The van der Waals surface area contributed by atoms with E-state index in [0.29, 0.717) is 11.8 Å². The van der Waals surface area contributed by atoms with Gasteiger partial charge in [-0.25, -0.2) is 9.97 Å². The lowest BCUT2D eigenvalue weighted by Gasteiger charge is -2.33. The molecule has 32 heavy (non-hydrogen) atoms. The first-order chi connectivity index (χ1) is 15.5. The minimum atomic E-state index is 0.0445. The summed E-state index contributed by atoms with van der Waals surface area (Å²) in [6.07, 6.45) is 5.45. The summed E-state index contributed by atoms with van der Waals surface area (Å²) in [4.78, 5) is 23.1. The second-order valence-electron chi connectivity index (χ2n) is 8.62. The van der Waals surface area contributed by atoms with Crippen molar-refractivity contribution in [1.82, 2.24) is 14.9 Å². The molecule has 6 nitrogen and oxygen atoms in total. The molecule has 1 amide bonds. The highest BCUT2D eigenvalue weighted by molar-refractivity contribution is 5.78. The van der Waals surface area contributed by atoms with Crippen molar-refractivity contribution in [3.8, 4) is 11.6 Å². The van der Waals surface area contributed by atoms with Gasteiger partial charge in [0.25, 0.3) is 0 Å². The summed E-state index contributed by atoms with van der Waals surface area (Å²) in [5.41, 5.74) is 3.18. The summed E-state index contributed by atoms with van der Waals surface area (Å²) in [5, 5.41) is 3.29. The van der Waals surface area contributed by atoms with Crippen LogP contribution in [0.1, 0.15) is 43.7 Å². The van der Waals surface area contributed by atoms with Crippen LogP contribution in [0.25, 0.3) is 0 Å². The standard InChI is InChI=1S/C26H30N4O2/c1-18(2)26(31)30-15-12-20(13-16-30)23-5-4-14-27-25(23)32-22-9-7-21(8-10-22)29-24-11-6-19(3)17-28-24/h4-11,14,17-18,20H,12-13,15-16H2,1-3H3,(H,28,29). The number of hydrogen-bond acceptors (Lipinski definition) is 5. The predicted octanol–water partition coefficient (Wildman–Crippen LogP) is 5.68. The molecule has 1 fully saturated rings. The number of nitrogens with zero attached hydrogens (tertiary/aromatic N) is 3. The van der Waals surface area contributed by atoms with Crippen LogP contribution in [0.5, 0.6) is 11.6 Å². The van der Waals surface area contributed by atoms with E-state index >= 15 is 0 Å². The molecular weight excluding hydrogens is 400 g/mol. The number of aryl methyl sites for hydroxylation is 1. The van der Waals surface area contributed by atoms with Gasteiger partial charge in [0.2, 0.25) is 11.8 Å². The molecule has 1 aromatic carbocycles. The topological polar surface area (TPSA) is 67.3 Å². The Morgan fingerprint density at radius 2 is 1.81 bits per heavy atom. The number of carbonyl (C=O) groups excluding carboxylic acids is 1. The largest absolute Gasteiger partial charge is 0.439 e. The average Bonchev–Trinajstić information content (AvgIpc) is 2.82. The van der Waals surface area contributed by atoms with Gasteiger partial charge in [-0.1, -0.05) is 26.0 Å². The molecule has 0 spiro atoms. The summed E-state index contributed by atoms with van der Waals surface area (Å²) in [7, 11) is 0. The van der Waals surface area contributed by atoms with Gasteiger partial charge in [-0.15, -0.1) is 0 Å². The number of hydrogen-bond donors (Lipinski definition) is 1. The third kappa shape index (κ3) is 5.25. The van der Waals surface area contributed by atoms with Crippen molar-refractivity contribution in [2.45, 2.75) is 39.5 Å². The van der Waals surface area contributed by atoms with E-state index in [1.807, 2.05) is 74.3 Å². The van der Waals surface area contributed by atoms with Crippen molar-refractivity contribution >= 4 is 17.4 Å². The molecule has 1 saturated heterocycles. The van der Waals surface area contributed by atoms with E-state index in [2.05, 4.69) is 21.4 Å². The predicted molar refractivity (Wildman–Crippen MR) is 126 cm³/mol. The van der Waals surface area contributed by atoms with Gasteiger partial charge in [0.15, 0.2) is 0 Å². The summed E-state index contributed by atoms with van der Waals surface area (Å²) >= 11 is 0. The van der Waals surface area contributed by atoms with Crippen molar-refractivity contribution < 1.29 is 9.53 Å². The number of benzene rings is 1. The Labute approximate surface area is 189 Å². The Morgan fingerprint density at radius 3 is 2.47 bits per heavy atom. The lowest BCUT2D eigenvalue weighted by Crippen LogP contribution is -2.40. The smallest absolute Gasteiger partial charge is 0.225 e. The summed E-state index contributed by atoms with van der Waals surface area (Å²) in [6.45, 7) is 7.50. The van der Waals surface area contributed by atoms with E-state index in [9.17, 15) is 4.79 Å². The molecule has 1 aliphatic heterocycles. The zero-order valence-electron chi connectivity index (χ0n) is 18.9. The third-order valence-corrected chi connectivity index (χ3v) is 5.79. The third-order valence-electron chi connectivity index (χ3n) is 5.79. The average molecular weight is 431 g/mol. The molecule has 1 N–H and O–H groups in total. The van der Waals surface area contributed by atoms with Crippen molar-refractivity contribution in [2.75, 3.05) is 18.4 Å². The van der Waals surface area contributed by atoms with Crippen LogP contribution in [-0.4, -0.2) is 33.9 Å². The highest BCUT2D eigenvalue weighted by Crippen LogP contribution is 2.35. The number of nitrogens with one attached hydrogen (secondary N) is 1. The van der Waals surface area contributed by atoms with E-state index in [4.69, 9.17) is 4.74 Å². The zero-order valence-corrected chi connectivity index (χ0v) is 18.9. The van der Waals surface area contributed by atoms with E-state index in [1.54, 1.807) is 6.20 Å². The molecule has 0 unspecified atom stereocenters. The van der Waals surface area contributed by atoms with Crippen molar-refractivity contribution in [2.24, 2.45) is 5.92 Å². The van der Waals surface area contributed by atoms with Crippen LogP contribution in [0.2, 0.25) is 0 Å². The molecule has 6 heteroatoms. The van der Waals surface area contributed by atoms with Crippen LogP contribution < -0.4 is 10.1 Å². The molecule has 0 aliphatic carbocycles. The monoisotopic (exact) mass is 430 g/mol. The Kier molecular flexibility index (Phi) is 6.69. The molecule has 166 valence electrons. The zero-order chi connectivity index (χ0) is 22.5. The van der Waals surface area contributed by atoms with Crippen molar-refractivity contribution in [1.29, 1.82) is 0 Å². The van der Waals surface area contributed by atoms with Crippen LogP contribution in [0.15, 0.2) is 60.9 Å². The molecule has 0 atom stereocenters. The number of carbonyl (C=O) groups is 1. The van der Waals surface area contributed by atoms with Crippen molar-refractivity contribution in [3.63, 3.8) is 0 Å². The maximum atomic E-state index is 12.3. The number of piperidine rings is 1. The van der Waals surface area contributed by atoms with Crippen LogP contribution in [0.4, 0.5) is 11.5 Å². The molecular formula is C26H30N4O2. The highest BCUT2D eigenvalue weighted by Gasteiger charge is 2.27. The molecule has 0 saturated carbocycles.